The molecule has 1 heterocycles. The highest BCUT2D eigenvalue weighted by Crippen LogP contribution is 2.49. The van der Waals surface area contributed by atoms with Crippen LogP contribution in [0, 0.1) is 17.8 Å². The van der Waals surface area contributed by atoms with Crippen LogP contribution in [0.5, 0.6) is 0 Å². The van der Waals surface area contributed by atoms with Crippen LogP contribution in [0.1, 0.15) is 37.9 Å². The van der Waals surface area contributed by atoms with Crippen molar-refractivity contribution in [3.8, 4) is 0 Å². The molecule has 0 radical (unpaired) electrons. The summed E-state index contributed by atoms with van der Waals surface area (Å²) in [5.41, 5.74) is 1.10. The monoisotopic (exact) mass is 263 g/mol. The molecule has 0 saturated heterocycles. The summed E-state index contributed by atoms with van der Waals surface area (Å²) in [6.07, 6.45) is 5.11. The number of aliphatic carboxylic acids is 1. The first-order valence-corrected chi connectivity index (χ1v) is 7.04. The van der Waals surface area contributed by atoms with Gasteiger partial charge in [-0.15, -0.1) is 0 Å². The molecule has 1 aromatic heterocycles. The van der Waals surface area contributed by atoms with Gasteiger partial charge in [0, 0.05) is 25.3 Å². The molecule has 5 nitrogen and oxygen atoms in total. The lowest BCUT2D eigenvalue weighted by molar-refractivity contribution is -0.144. The van der Waals surface area contributed by atoms with Crippen LogP contribution in [0.3, 0.4) is 0 Å². The molecule has 2 aliphatic rings. The molecule has 2 saturated carbocycles. The van der Waals surface area contributed by atoms with E-state index in [2.05, 4.69) is 17.3 Å². The number of nitrogens with zero attached hydrogens (tertiary/aromatic N) is 2. The van der Waals surface area contributed by atoms with Gasteiger partial charge in [-0.3, -0.25) is 9.48 Å². The summed E-state index contributed by atoms with van der Waals surface area (Å²) in [5, 5.41) is 17.2. The molecular formula is C14H21N3O2. The van der Waals surface area contributed by atoms with Crippen LogP contribution in [0.25, 0.3) is 0 Å². The third kappa shape index (κ3) is 2.06. The van der Waals surface area contributed by atoms with Crippen molar-refractivity contribution in [2.75, 3.05) is 0 Å². The van der Waals surface area contributed by atoms with Crippen molar-refractivity contribution >= 4 is 5.97 Å². The average Bonchev–Trinajstić information content (AvgIpc) is 3.03. The molecule has 5 atom stereocenters. The van der Waals surface area contributed by atoms with Gasteiger partial charge in [0.2, 0.25) is 0 Å². The summed E-state index contributed by atoms with van der Waals surface area (Å²) in [5.74, 6) is 0.0526. The van der Waals surface area contributed by atoms with Crippen molar-refractivity contribution in [3.63, 3.8) is 0 Å². The largest absolute Gasteiger partial charge is 0.481 e. The van der Waals surface area contributed by atoms with E-state index in [1.165, 1.54) is 6.42 Å². The van der Waals surface area contributed by atoms with Gasteiger partial charge in [-0.25, -0.2) is 0 Å². The second kappa shape index (κ2) is 4.63. The predicted molar refractivity (Wildman–Crippen MR) is 70.5 cm³/mol. The topological polar surface area (TPSA) is 67.2 Å². The molecule has 19 heavy (non-hydrogen) atoms. The van der Waals surface area contributed by atoms with Gasteiger partial charge in [-0.1, -0.05) is 0 Å². The van der Waals surface area contributed by atoms with Gasteiger partial charge >= 0.3 is 5.97 Å². The molecule has 2 fully saturated rings. The van der Waals surface area contributed by atoms with Crippen LogP contribution in [0.2, 0.25) is 0 Å². The third-order valence-corrected chi connectivity index (χ3v) is 4.95. The Balaban J connectivity index is 1.75. The molecule has 0 spiro atoms. The molecule has 5 unspecified atom stereocenters. The van der Waals surface area contributed by atoms with E-state index in [-0.39, 0.29) is 18.0 Å². The number of carboxylic acids is 1. The SMILES string of the molecule is CC(NC1C2CCC(C2)C1C(=O)O)c1ccnn1C. The normalized spacial score (nSPS) is 34.6. The minimum absolute atomic E-state index is 0.112. The highest BCUT2D eigenvalue weighted by Gasteiger charge is 2.51. The molecule has 2 bridgehead atoms. The lowest BCUT2D eigenvalue weighted by Crippen LogP contribution is -2.45. The molecule has 0 aliphatic heterocycles. The smallest absolute Gasteiger partial charge is 0.308 e. The fourth-order valence-electron chi connectivity index (χ4n) is 4.07. The minimum atomic E-state index is -0.637. The zero-order valence-corrected chi connectivity index (χ0v) is 11.4. The molecule has 2 N–H and O–H groups in total. The van der Waals surface area contributed by atoms with E-state index in [0.29, 0.717) is 11.8 Å². The van der Waals surface area contributed by atoms with E-state index in [1.54, 1.807) is 6.20 Å². The maximum atomic E-state index is 11.5. The zero-order valence-electron chi connectivity index (χ0n) is 11.4. The first kappa shape index (κ1) is 12.7. The van der Waals surface area contributed by atoms with Crippen molar-refractivity contribution in [2.24, 2.45) is 24.8 Å². The number of nitrogens with one attached hydrogen (secondary N) is 1. The summed E-state index contributed by atoms with van der Waals surface area (Å²) in [6, 6.07) is 2.24. The summed E-state index contributed by atoms with van der Waals surface area (Å²) < 4.78 is 1.85. The molecular weight excluding hydrogens is 242 g/mol. The standard InChI is InChI=1S/C14H21N3O2/c1-8(11-5-6-15-17(11)2)16-13-10-4-3-9(7-10)12(13)14(18)19/h5-6,8-10,12-13,16H,3-4,7H2,1-2H3,(H,18,19). The molecule has 0 aromatic carbocycles. The minimum Gasteiger partial charge on any atom is -0.481 e. The van der Waals surface area contributed by atoms with Gasteiger partial charge in [0.1, 0.15) is 0 Å². The van der Waals surface area contributed by atoms with E-state index in [1.807, 2.05) is 17.8 Å². The lowest BCUT2D eigenvalue weighted by Gasteiger charge is -2.31. The number of aryl methyl sites for hydroxylation is 1. The number of fused-ring (bicyclic) bond motifs is 2. The van der Waals surface area contributed by atoms with Gasteiger partial charge in [0.05, 0.1) is 11.6 Å². The number of aromatic nitrogens is 2. The number of hydrogen-bond donors (Lipinski definition) is 2. The van der Waals surface area contributed by atoms with E-state index >= 15 is 0 Å². The van der Waals surface area contributed by atoms with E-state index < -0.39 is 5.97 Å². The highest BCUT2D eigenvalue weighted by atomic mass is 16.4. The maximum Gasteiger partial charge on any atom is 0.308 e. The second-order valence-corrected chi connectivity index (χ2v) is 5.99. The van der Waals surface area contributed by atoms with Gasteiger partial charge in [-0.2, -0.15) is 5.10 Å². The fourth-order valence-corrected chi connectivity index (χ4v) is 4.07. The Bertz CT molecular complexity index is 485. The van der Waals surface area contributed by atoms with Crippen LogP contribution in [-0.4, -0.2) is 26.9 Å². The Morgan fingerprint density at radius 2 is 2.26 bits per heavy atom. The number of carboxylic acid groups (broad SMARTS) is 1. The molecule has 5 heteroatoms. The average molecular weight is 263 g/mol. The Hall–Kier alpha value is -1.36. The fraction of sp³-hybridized carbons (Fsp3) is 0.714. The predicted octanol–water partition coefficient (Wildman–Crippen LogP) is 1.57. The Kier molecular flexibility index (Phi) is 3.09. The number of hydrogen-bond acceptors (Lipinski definition) is 3. The quantitative estimate of drug-likeness (QED) is 0.865. The van der Waals surface area contributed by atoms with E-state index in [0.717, 1.165) is 18.5 Å². The number of rotatable bonds is 4. The van der Waals surface area contributed by atoms with Gasteiger partial charge in [-0.05, 0) is 44.1 Å². The van der Waals surface area contributed by atoms with Gasteiger partial charge in [0.15, 0.2) is 0 Å². The zero-order chi connectivity index (χ0) is 13.6. The Morgan fingerprint density at radius 3 is 2.89 bits per heavy atom. The van der Waals surface area contributed by atoms with Gasteiger partial charge < -0.3 is 10.4 Å². The molecule has 2 aliphatic carbocycles. The van der Waals surface area contributed by atoms with Crippen LogP contribution >= 0.6 is 0 Å². The van der Waals surface area contributed by atoms with E-state index in [4.69, 9.17) is 0 Å². The van der Waals surface area contributed by atoms with Crippen molar-refractivity contribution < 1.29 is 9.90 Å². The van der Waals surface area contributed by atoms with Crippen LogP contribution in [-0.2, 0) is 11.8 Å². The summed E-state index contributed by atoms with van der Waals surface area (Å²) in [7, 11) is 1.92. The highest BCUT2D eigenvalue weighted by molar-refractivity contribution is 5.72. The summed E-state index contributed by atoms with van der Waals surface area (Å²) in [4.78, 5) is 11.5. The maximum absolute atomic E-state index is 11.5. The van der Waals surface area contributed by atoms with Gasteiger partial charge in [0.25, 0.3) is 0 Å². The van der Waals surface area contributed by atoms with Crippen LogP contribution < -0.4 is 5.32 Å². The second-order valence-electron chi connectivity index (χ2n) is 5.99. The first-order valence-electron chi connectivity index (χ1n) is 7.04. The third-order valence-electron chi connectivity index (χ3n) is 4.95. The Labute approximate surface area is 113 Å². The van der Waals surface area contributed by atoms with Crippen molar-refractivity contribution in [3.05, 3.63) is 18.0 Å². The van der Waals surface area contributed by atoms with Crippen molar-refractivity contribution in [1.29, 1.82) is 0 Å². The Morgan fingerprint density at radius 1 is 1.53 bits per heavy atom. The van der Waals surface area contributed by atoms with E-state index in [9.17, 15) is 9.90 Å². The summed E-state index contributed by atoms with van der Waals surface area (Å²) >= 11 is 0. The molecule has 1 aromatic rings. The van der Waals surface area contributed by atoms with Crippen LogP contribution in [0.15, 0.2) is 12.3 Å². The van der Waals surface area contributed by atoms with Crippen LogP contribution in [0.4, 0.5) is 0 Å². The molecule has 3 rings (SSSR count). The van der Waals surface area contributed by atoms with Crippen molar-refractivity contribution in [2.45, 2.75) is 38.3 Å². The van der Waals surface area contributed by atoms with Crippen molar-refractivity contribution in [1.82, 2.24) is 15.1 Å². The summed E-state index contributed by atoms with van der Waals surface area (Å²) in [6.45, 7) is 2.09. The molecule has 104 valence electrons. The number of carbonyl (C=O) groups is 1. The first-order chi connectivity index (χ1) is 9.08. The molecule has 0 amide bonds. The lowest BCUT2D eigenvalue weighted by atomic mass is 9.84.